The van der Waals surface area contributed by atoms with E-state index in [1.165, 1.54) is 11.3 Å². The molecule has 0 aliphatic heterocycles. The lowest BCUT2D eigenvalue weighted by atomic mass is 10.2. The number of aryl methyl sites for hydroxylation is 1. The van der Waals surface area contributed by atoms with Crippen molar-refractivity contribution in [2.45, 2.75) is 6.92 Å². The zero-order chi connectivity index (χ0) is 10.1. The van der Waals surface area contributed by atoms with Crippen LogP contribution < -0.4 is 0 Å². The summed E-state index contributed by atoms with van der Waals surface area (Å²) in [5.74, 6) is 0.313. The summed E-state index contributed by atoms with van der Waals surface area (Å²) in [6.45, 7) is 1.97. The molecule has 2 heterocycles. The van der Waals surface area contributed by atoms with Crippen molar-refractivity contribution in [3.63, 3.8) is 0 Å². The molecule has 0 bridgehead atoms. The van der Waals surface area contributed by atoms with Crippen LogP contribution in [0.15, 0.2) is 33.4 Å². The van der Waals surface area contributed by atoms with Crippen LogP contribution in [0.1, 0.15) is 20.3 Å². The molecule has 2 rings (SSSR count). The van der Waals surface area contributed by atoms with E-state index in [2.05, 4.69) is 15.9 Å². The Balaban J connectivity index is 2.33. The van der Waals surface area contributed by atoms with Gasteiger partial charge in [0.05, 0.1) is 4.88 Å². The standard InChI is InChI=1S/C10H7BrO2S/c1-6-2-4-8(14-6)10(12)7-3-5-9(11)13-7/h2-5H,1H3. The largest absolute Gasteiger partial charge is 0.446 e. The van der Waals surface area contributed by atoms with Crippen molar-refractivity contribution in [3.05, 3.63) is 44.4 Å². The van der Waals surface area contributed by atoms with Gasteiger partial charge in [0.25, 0.3) is 0 Å². The van der Waals surface area contributed by atoms with Crippen molar-refractivity contribution < 1.29 is 9.21 Å². The molecule has 72 valence electrons. The van der Waals surface area contributed by atoms with E-state index in [0.717, 1.165) is 4.88 Å². The lowest BCUT2D eigenvalue weighted by Gasteiger charge is -1.90. The van der Waals surface area contributed by atoms with Crippen molar-refractivity contribution in [2.24, 2.45) is 0 Å². The molecule has 0 fully saturated rings. The van der Waals surface area contributed by atoms with Gasteiger partial charge in [-0.05, 0) is 47.1 Å². The highest BCUT2D eigenvalue weighted by Crippen LogP contribution is 2.22. The lowest BCUT2D eigenvalue weighted by molar-refractivity contribution is 0.101. The van der Waals surface area contributed by atoms with Crippen molar-refractivity contribution in [2.75, 3.05) is 0 Å². The molecular weight excluding hydrogens is 264 g/mol. The number of ketones is 1. The third-order valence-electron chi connectivity index (χ3n) is 1.76. The summed E-state index contributed by atoms with van der Waals surface area (Å²) in [5.41, 5.74) is 0. The molecule has 0 saturated carbocycles. The summed E-state index contributed by atoms with van der Waals surface area (Å²) < 4.78 is 5.76. The van der Waals surface area contributed by atoms with Gasteiger partial charge in [-0.1, -0.05) is 0 Å². The number of hydrogen-bond donors (Lipinski definition) is 0. The first-order valence-corrected chi connectivity index (χ1v) is 5.64. The molecular formula is C10H7BrO2S. The molecule has 2 aromatic rings. The summed E-state index contributed by atoms with van der Waals surface area (Å²) in [4.78, 5) is 13.6. The monoisotopic (exact) mass is 270 g/mol. The lowest BCUT2D eigenvalue weighted by Crippen LogP contribution is -1.95. The Morgan fingerprint density at radius 3 is 2.64 bits per heavy atom. The van der Waals surface area contributed by atoms with Crippen LogP contribution in [0.25, 0.3) is 0 Å². The maximum atomic E-state index is 11.8. The van der Waals surface area contributed by atoms with E-state index >= 15 is 0 Å². The third kappa shape index (κ3) is 1.81. The Morgan fingerprint density at radius 1 is 1.36 bits per heavy atom. The number of halogens is 1. The fourth-order valence-electron chi connectivity index (χ4n) is 1.11. The van der Waals surface area contributed by atoms with Gasteiger partial charge in [0.2, 0.25) is 5.78 Å². The Hall–Kier alpha value is -0.870. The molecule has 0 radical (unpaired) electrons. The fraction of sp³-hybridized carbons (Fsp3) is 0.100. The number of rotatable bonds is 2. The van der Waals surface area contributed by atoms with E-state index in [9.17, 15) is 4.79 Å². The molecule has 0 aromatic carbocycles. The van der Waals surface area contributed by atoms with Crippen LogP contribution in [0.3, 0.4) is 0 Å². The first-order chi connectivity index (χ1) is 6.66. The van der Waals surface area contributed by atoms with Crippen LogP contribution in [0, 0.1) is 6.92 Å². The topological polar surface area (TPSA) is 30.2 Å². The average Bonchev–Trinajstić information content (AvgIpc) is 2.73. The van der Waals surface area contributed by atoms with Crippen LogP contribution in [0.5, 0.6) is 0 Å². The van der Waals surface area contributed by atoms with Crippen LogP contribution in [-0.4, -0.2) is 5.78 Å². The van der Waals surface area contributed by atoms with E-state index in [1.54, 1.807) is 12.1 Å². The summed E-state index contributed by atoms with van der Waals surface area (Å²) in [6, 6.07) is 7.13. The molecule has 14 heavy (non-hydrogen) atoms. The minimum absolute atomic E-state index is 0.0613. The average molecular weight is 271 g/mol. The molecule has 0 atom stereocenters. The van der Waals surface area contributed by atoms with Crippen molar-refractivity contribution >= 4 is 33.0 Å². The SMILES string of the molecule is Cc1ccc(C(=O)c2ccc(Br)o2)s1. The van der Waals surface area contributed by atoms with Crippen LogP contribution >= 0.6 is 27.3 Å². The smallest absolute Gasteiger partial charge is 0.238 e. The van der Waals surface area contributed by atoms with Gasteiger partial charge in [0, 0.05) is 4.88 Å². The quantitative estimate of drug-likeness (QED) is 0.780. The second-order valence-electron chi connectivity index (χ2n) is 2.84. The predicted octanol–water partition coefficient (Wildman–Crippen LogP) is 3.64. The van der Waals surface area contributed by atoms with Crippen molar-refractivity contribution in [1.29, 1.82) is 0 Å². The molecule has 2 aromatic heterocycles. The van der Waals surface area contributed by atoms with E-state index in [-0.39, 0.29) is 5.78 Å². The molecule has 0 aliphatic rings. The maximum absolute atomic E-state index is 11.8. The minimum atomic E-state index is -0.0613. The van der Waals surface area contributed by atoms with Gasteiger partial charge >= 0.3 is 0 Å². The van der Waals surface area contributed by atoms with Crippen molar-refractivity contribution in [1.82, 2.24) is 0 Å². The van der Waals surface area contributed by atoms with Gasteiger partial charge in [0.1, 0.15) is 0 Å². The number of carbonyl (C=O) groups is 1. The molecule has 0 spiro atoms. The molecule has 2 nitrogen and oxygen atoms in total. The summed E-state index contributed by atoms with van der Waals surface area (Å²) >= 11 is 4.64. The van der Waals surface area contributed by atoms with Gasteiger partial charge < -0.3 is 4.42 Å². The van der Waals surface area contributed by atoms with Crippen molar-refractivity contribution in [3.8, 4) is 0 Å². The Morgan fingerprint density at radius 2 is 2.14 bits per heavy atom. The van der Waals surface area contributed by atoms with Gasteiger partial charge in [-0.25, -0.2) is 0 Å². The van der Waals surface area contributed by atoms with Crippen LogP contribution in [0.4, 0.5) is 0 Å². The third-order valence-corrected chi connectivity index (χ3v) is 3.19. The first kappa shape index (κ1) is 9.68. The predicted molar refractivity (Wildman–Crippen MR) is 58.9 cm³/mol. The highest BCUT2D eigenvalue weighted by molar-refractivity contribution is 9.10. The number of furan rings is 1. The molecule has 0 amide bonds. The van der Waals surface area contributed by atoms with E-state index < -0.39 is 0 Å². The number of carbonyl (C=O) groups excluding carboxylic acids is 1. The Kier molecular flexibility index (Phi) is 2.56. The van der Waals surface area contributed by atoms with Gasteiger partial charge in [-0.3, -0.25) is 4.79 Å². The maximum Gasteiger partial charge on any atom is 0.238 e. The zero-order valence-electron chi connectivity index (χ0n) is 7.41. The molecule has 4 heteroatoms. The molecule has 0 saturated heterocycles. The van der Waals surface area contributed by atoms with Crippen LogP contribution in [0.2, 0.25) is 0 Å². The summed E-state index contributed by atoms with van der Waals surface area (Å²) in [7, 11) is 0. The number of thiophene rings is 1. The van der Waals surface area contributed by atoms with Gasteiger partial charge in [0.15, 0.2) is 10.4 Å². The highest BCUT2D eigenvalue weighted by atomic mass is 79.9. The zero-order valence-corrected chi connectivity index (χ0v) is 9.81. The molecule has 0 N–H and O–H groups in total. The van der Waals surface area contributed by atoms with E-state index in [1.807, 2.05) is 19.1 Å². The first-order valence-electron chi connectivity index (χ1n) is 4.03. The number of hydrogen-bond acceptors (Lipinski definition) is 3. The second-order valence-corrected chi connectivity index (χ2v) is 4.91. The normalized spacial score (nSPS) is 10.4. The Labute approximate surface area is 93.7 Å². The summed E-state index contributed by atoms with van der Waals surface area (Å²) in [5, 5.41) is 0. The Bertz CT molecular complexity index is 428. The van der Waals surface area contributed by atoms with E-state index in [4.69, 9.17) is 4.42 Å². The molecule has 0 aliphatic carbocycles. The van der Waals surface area contributed by atoms with Crippen LogP contribution in [-0.2, 0) is 0 Å². The van der Waals surface area contributed by atoms with E-state index in [0.29, 0.717) is 15.3 Å². The molecule has 0 unspecified atom stereocenters. The van der Waals surface area contributed by atoms with Gasteiger partial charge in [-0.15, -0.1) is 11.3 Å². The van der Waals surface area contributed by atoms with Gasteiger partial charge in [-0.2, -0.15) is 0 Å². The summed E-state index contributed by atoms with van der Waals surface area (Å²) in [6.07, 6.45) is 0. The fourth-order valence-corrected chi connectivity index (χ4v) is 2.23. The highest BCUT2D eigenvalue weighted by Gasteiger charge is 2.14. The minimum Gasteiger partial charge on any atom is -0.446 e. The second kappa shape index (κ2) is 3.71.